The van der Waals surface area contributed by atoms with Gasteiger partial charge in [-0.05, 0) is 0 Å². The fourth-order valence-electron chi connectivity index (χ4n) is 0. The second-order valence-electron chi connectivity index (χ2n) is 1.98. The molecule has 0 saturated heterocycles. The smallest absolute Gasteiger partial charge is 0.418 e. The van der Waals surface area contributed by atoms with E-state index in [4.69, 9.17) is 0 Å². The summed E-state index contributed by atoms with van der Waals surface area (Å²) in [6, 6.07) is 0. The van der Waals surface area contributed by atoms with E-state index < -0.39 is 29.0 Å². The van der Waals surface area contributed by atoms with Crippen molar-refractivity contribution in [3.63, 3.8) is 0 Å². The summed E-state index contributed by atoms with van der Waals surface area (Å²) >= 11 is 0. The molecule has 0 nitrogen and oxygen atoms in total. The molecule has 0 rings (SSSR count). The van der Waals surface area contributed by atoms with E-state index in [1.807, 2.05) is 0 Å². The molecule has 0 saturated carbocycles. The van der Waals surface area contributed by atoms with Gasteiger partial charge < -0.3 is 69.1 Å². The van der Waals surface area contributed by atoms with Crippen LogP contribution in [0.3, 0.4) is 0 Å². The molecule has 0 aromatic carbocycles. The minimum Gasteiger partial charge on any atom is -0.418 e. The van der Waals surface area contributed by atoms with Crippen LogP contribution in [-0.4, -0.2) is 74.5 Å². The van der Waals surface area contributed by atoms with Crippen molar-refractivity contribution in [2.75, 3.05) is 0 Å². The Bertz CT molecular complexity index is 136. The van der Waals surface area contributed by atoms with Crippen molar-refractivity contribution in [3.05, 3.63) is 0 Å². The molecule has 0 aromatic rings. The molecular formula is B4F16SrZn. The van der Waals surface area contributed by atoms with Crippen LogP contribution in [0, 0.1) is 0 Å². The first-order valence-corrected chi connectivity index (χ1v) is 3.49. The minimum absolute atomic E-state index is 0. The van der Waals surface area contributed by atoms with E-state index in [2.05, 4.69) is 0 Å². The third-order valence-corrected chi connectivity index (χ3v) is 0. The van der Waals surface area contributed by atoms with Crippen molar-refractivity contribution < 1.29 is 88.5 Å². The van der Waals surface area contributed by atoms with E-state index in [0.717, 1.165) is 0 Å². The molecule has 0 N–H and O–H groups in total. The maximum atomic E-state index is 9.75. The Labute approximate surface area is 162 Å². The largest absolute Gasteiger partial charge is 2.00 e. The predicted octanol–water partition coefficient (Wildman–Crippen LogP) is 4.82. The van der Waals surface area contributed by atoms with Crippen LogP contribution < -0.4 is 0 Å². The summed E-state index contributed by atoms with van der Waals surface area (Å²) in [6.45, 7) is 0. The van der Waals surface area contributed by atoms with Gasteiger partial charge in [-0.15, -0.1) is 0 Å². The van der Waals surface area contributed by atoms with Gasteiger partial charge in [-0.3, -0.25) is 0 Å². The fourth-order valence-corrected chi connectivity index (χ4v) is 0. The number of halogens is 16. The molecule has 0 aliphatic rings. The molecular weight excluding hydrogens is 500 g/mol. The maximum absolute atomic E-state index is 9.75. The Kier molecular flexibility index (Phi) is 27.7. The van der Waals surface area contributed by atoms with E-state index in [0.29, 0.717) is 0 Å². The van der Waals surface area contributed by atoms with Crippen LogP contribution in [0.4, 0.5) is 69.1 Å². The second kappa shape index (κ2) is 15.8. The zero-order chi connectivity index (χ0) is 18.0. The average Bonchev–Trinajstić information content (AvgIpc) is 1.62. The van der Waals surface area contributed by atoms with Gasteiger partial charge in [0.15, 0.2) is 0 Å². The summed E-state index contributed by atoms with van der Waals surface area (Å²) in [5, 5.41) is 0. The van der Waals surface area contributed by atoms with Crippen molar-refractivity contribution in [3.8, 4) is 0 Å². The molecule has 0 bridgehead atoms. The molecule has 0 radical (unpaired) electrons. The third kappa shape index (κ3) is 5630. The van der Waals surface area contributed by atoms with E-state index in [-0.39, 0.29) is 65.0 Å². The number of hydrogen-bond acceptors (Lipinski definition) is 0. The molecule has 0 aliphatic heterocycles. The molecule has 0 fully saturated rings. The Hall–Kier alpha value is 1.24. The van der Waals surface area contributed by atoms with Gasteiger partial charge in [0, 0.05) is 0 Å². The first-order chi connectivity index (χ1) is 8.00. The molecule has 22 heteroatoms. The number of rotatable bonds is 0. The monoisotopic (exact) mass is 500 g/mol. The zero-order valence-electron chi connectivity index (χ0n) is 9.77. The average molecular weight is 500 g/mol. The quantitative estimate of drug-likeness (QED) is 0.331. The van der Waals surface area contributed by atoms with Crippen molar-refractivity contribution in [1.82, 2.24) is 0 Å². The van der Waals surface area contributed by atoms with Crippen LogP contribution in [0.15, 0.2) is 0 Å². The molecule has 0 amide bonds. The topological polar surface area (TPSA) is 0 Å². The van der Waals surface area contributed by atoms with E-state index >= 15 is 0 Å². The van der Waals surface area contributed by atoms with Crippen LogP contribution in [0.25, 0.3) is 0 Å². The molecule has 0 unspecified atom stereocenters. The standard InChI is InChI=1S/4BF4.Sr.Zn/c4*2-1(3,4)5;;/q4*-1;2*+2. The second-order valence-corrected chi connectivity index (χ2v) is 1.98. The molecule has 0 atom stereocenters. The van der Waals surface area contributed by atoms with E-state index in [1.165, 1.54) is 0 Å². The van der Waals surface area contributed by atoms with E-state index in [1.54, 1.807) is 0 Å². The van der Waals surface area contributed by atoms with Crippen LogP contribution in [0.1, 0.15) is 0 Å². The Balaban J connectivity index is -0.0000000376. The number of hydrogen-bond donors (Lipinski definition) is 0. The summed E-state index contributed by atoms with van der Waals surface area (Å²) in [4.78, 5) is 0. The van der Waals surface area contributed by atoms with Crippen molar-refractivity contribution in [2.45, 2.75) is 0 Å². The van der Waals surface area contributed by atoms with E-state index in [9.17, 15) is 69.1 Å². The van der Waals surface area contributed by atoms with Crippen LogP contribution in [-0.2, 0) is 19.5 Å². The third-order valence-electron chi connectivity index (χ3n) is 0. The van der Waals surface area contributed by atoms with Crippen LogP contribution >= 0.6 is 0 Å². The van der Waals surface area contributed by atoms with Gasteiger partial charge >= 0.3 is 94.0 Å². The van der Waals surface area contributed by atoms with Gasteiger partial charge in [-0.25, -0.2) is 0 Å². The van der Waals surface area contributed by atoms with Gasteiger partial charge in [0.2, 0.25) is 0 Å². The Morgan fingerprint density at radius 2 is 0.273 bits per heavy atom. The molecule has 0 spiro atoms. The molecule has 128 valence electrons. The summed E-state index contributed by atoms with van der Waals surface area (Å²) in [5.41, 5.74) is 0. The van der Waals surface area contributed by atoms with Gasteiger partial charge in [-0.2, -0.15) is 0 Å². The molecule has 0 heterocycles. The van der Waals surface area contributed by atoms with Crippen LogP contribution in [0.2, 0.25) is 0 Å². The van der Waals surface area contributed by atoms with Gasteiger partial charge in [-0.1, -0.05) is 0 Å². The first kappa shape index (κ1) is 38.7. The van der Waals surface area contributed by atoms with Crippen LogP contribution in [0.5, 0.6) is 0 Å². The minimum atomic E-state index is -6.00. The molecule has 0 aromatic heterocycles. The van der Waals surface area contributed by atoms with Crippen molar-refractivity contribution in [1.29, 1.82) is 0 Å². The maximum Gasteiger partial charge on any atom is 2.00 e. The molecule has 22 heavy (non-hydrogen) atoms. The summed E-state index contributed by atoms with van der Waals surface area (Å²) in [5.74, 6) is 0. The first-order valence-electron chi connectivity index (χ1n) is 3.49. The summed E-state index contributed by atoms with van der Waals surface area (Å²) < 4.78 is 156. The summed E-state index contributed by atoms with van der Waals surface area (Å²) in [6.07, 6.45) is 0. The SMILES string of the molecule is F[B-](F)(F)F.F[B-](F)(F)F.F[B-](F)(F)F.F[B-](F)(F)F.[Sr+2].[Zn+2]. The Morgan fingerprint density at radius 1 is 0.273 bits per heavy atom. The fraction of sp³-hybridized carbons (Fsp3) is 0. The normalized spacial score (nSPS) is 10.9. The summed E-state index contributed by atoms with van der Waals surface area (Å²) in [7, 11) is -24.0. The van der Waals surface area contributed by atoms with Gasteiger partial charge in [0.25, 0.3) is 0 Å². The van der Waals surface area contributed by atoms with Gasteiger partial charge in [0.1, 0.15) is 0 Å². The Morgan fingerprint density at radius 3 is 0.273 bits per heavy atom. The van der Waals surface area contributed by atoms with Crippen molar-refractivity contribution >= 4 is 74.5 Å². The zero-order valence-corrected chi connectivity index (χ0v) is 16.2. The van der Waals surface area contributed by atoms with Gasteiger partial charge in [0.05, 0.1) is 0 Å². The predicted molar refractivity (Wildman–Crippen MR) is 46.5 cm³/mol. The van der Waals surface area contributed by atoms with Crippen molar-refractivity contribution in [2.24, 2.45) is 0 Å². The molecule has 0 aliphatic carbocycles.